The van der Waals surface area contributed by atoms with E-state index < -0.39 is 0 Å². The second kappa shape index (κ2) is 8.12. The minimum Gasteiger partial charge on any atom is -0.339 e. The van der Waals surface area contributed by atoms with E-state index in [9.17, 15) is 9.59 Å². The number of hydrogen-bond acceptors (Lipinski definition) is 4. The summed E-state index contributed by atoms with van der Waals surface area (Å²) in [6.07, 6.45) is 2.10. The smallest absolute Gasteiger partial charge is 0.257 e. The van der Waals surface area contributed by atoms with E-state index in [4.69, 9.17) is 11.6 Å². The predicted octanol–water partition coefficient (Wildman–Crippen LogP) is 4.95. The zero-order chi connectivity index (χ0) is 19.5. The summed E-state index contributed by atoms with van der Waals surface area (Å²) >= 11 is 7.54. The van der Waals surface area contributed by atoms with Gasteiger partial charge in [-0.05, 0) is 43.2 Å². The van der Waals surface area contributed by atoms with Crippen molar-refractivity contribution in [1.82, 2.24) is 9.88 Å². The molecule has 5 nitrogen and oxygen atoms in total. The van der Waals surface area contributed by atoms with Crippen LogP contribution in [0.5, 0.6) is 0 Å². The summed E-state index contributed by atoms with van der Waals surface area (Å²) in [5.74, 6) is -0.242. The third-order valence-corrected chi connectivity index (χ3v) is 5.75. The van der Waals surface area contributed by atoms with Crippen LogP contribution in [0.4, 0.5) is 5.13 Å². The van der Waals surface area contributed by atoms with Crippen LogP contribution in [0.3, 0.4) is 0 Å². The first-order valence-corrected chi connectivity index (χ1v) is 10.3. The molecule has 1 aromatic heterocycles. The lowest BCUT2D eigenvalue weighted by atomic mass is 10.1. The third kappa shape index (κ3) is 3.93. The van der Waals surface area contributed by atoms with E-state index in [2.05, 4.69) is 10.3 Å². The van der Waals surface area contributed by atoms with E-state index in [0.717, 1.165) is 37.2 Å². The lowest BCUT2D eigenvalue weighted by Gasteiger charge is -2.15. The number of nitrogens with one attached hydrogen (secondary N) is 1. The average molecular weight is 412 g/mol. The first-order valence-electron chi connectivity index (χ1n) is 9.03. The molecule has 1 aliphatic heterocycles. The number of thiazole rings is 1. The van der Waals surface area contributed by atoms with Crippen molar-refractivity contribution in [2.75, 3.05) is 18.4 Å². The fraction of sp³-hybridized carbons (Fsp3) is 0.190. The van der Waals surface area contributed by atoms with Gasteiger partial charge in [0.1, 0.15) is 0 Å². The lowest BCUT2D eigenvalue weighted by Crippen LogP contribution is -2.27. The summed E-state index contributed by atoms with van der Waals surface area (Å²) in [6, 6.07) is 14.2. The van der Waals surface area contributed by atoms with Crippen LogP contribution in [-0.2, 0) is 0 Å². The summed E-state index contributed by atoms with van der Waals surface area (Å²) in [6.45, 7) is 1.61. The van der Waals surface area contributed by atoms with Crippen LogP contribution in [-0.4, -0.2) is 34.8 Å². The molecular weight excluding hydrogens is 394 g/mol. The van der Waals surface area contributed by atoms with Crippen LogP contribution in [0.2, 0.25) is 5.02 Å². The Labute approximate surface area is 172 Å². The number of rotatable bonds is 4. The van der Waals surface area contributed by atoms with E-state index in [1.54, 1.807) is 30.3 Å². The van der Waals surface area contributed by atoms with Crippen LogP contribution in [0, 0.1) is 0 Å². The Morgan fingerprint density at radius 1 is 1.00 bits per heavy atom. The summed E-state index contributed by atoms with van der Waals surface area (Å²) in [4.78, 5) is 31.2. The van der Waals surface area contributed by atoms with Gasteiger partial charge in [0.25, 0.3) is 11.8 Å². The molecule has 0 saturated carbocycles. The fourth-order valence-electron chi connectivity index (χ4n) is 3.16. The van der Waals surface area contributed by atoms with Crippen LogP contribution >= 0.6 is 22.9 Å². The minimum atomic E-state index is -0.264. The van der Waals surface area contributed by atoms with Gasteiger partial charge in [0.2, 0.25) is 0 Å². The zero-order valence-corrected chi connectivity index (χ0v) is 16.6. The quantitative estimate of drug-likeness (QED) is 0.660. The normalized spacial score (nSPS) is 13.5. The molecule has 1 aliphatic rings. The number of amides is 2. The van der Waals surface area contributed by atoms with Crippen molar-refractivity contribution in [1.29, 1.82) is 0 Å². The first kappa shape index (κ1) is 18.7. The fourth-order valence-corrected chi connectivity index (χ4v) is 4.10. The summed E-state index contributed by atoms with van der Waals surface area (Å²) < 4.78 is 0. The summed E-state index contributed by atoms with van der Waals surface area (Å²) in [5.41, 5.74) is 2.63. The highest BCUT2D eigenvalue weighted by Gasteiger charge is 2.19. The minimum absolute atomic E-state index is 0.0220. The van der Waals surface area contributed by atoms with E-state index in [-0.39, 0.29) is 11.8 Å². The molecule has 2 amide bonds. The van der Waals surface area contributed by atoms with Gasteiger partial charge < -0.3 is 4.90 Å². The Hall–Kier alpha value is -2.70. The third-order valence-electron chi connectivity index (χ3n) is 4.66. The molecule has 0 atom stereocenters. The van der Waals surface area contributed by atoms with Crippen LogP contribution < -0.4 is 5.32 Å². The van der Waals surface area contributed by atoms with Gasteiger partial charge in [-0.2, -0.15) is 0 Å². The van der Waals surface area contributed by atoms with Crippen LogP contribution in [0.1, 0.15) is 33.6 Å². The topological polar surface area (TPSA) is 62.3 Å². The van der Waals surface area contributed by atoms with E-state index in [1.807, 2.05) is 28.5 Å². The number of carbonyl (C=O) groups is 2. The van der Waals surface area contributed by atoms with Gasteiger partial charge in [-0.25, -0.2) is 4.98 Å². The number of benzene rings is 2. The molecule has 0 unspecified atom stereocenters. The Kier molecular flexibility index (Phi) is 5.41. The van der Waals surface area contributed by atoms with Gasteiger partial charge >= 0.3 is 0 Å². The maximum atomic E-state index is 12.5. The predicted molar refractivity (Wildman–Crippen MR) is 112 cm³/mol. The molecule has 7 heteroatoms. The SMILES string of the molecule is O=C(Nc1nc(-c2ccccc2Cl)cs1)c1ccc(C(=O)N2CCCC2)cc1. The van der Waals surface area contributed by atoms with Crippen molar-refractivity contribution in [3.63, 3.8) is 0 Å². The molecule has 0 aliphatic carbocycles. The monoisotopic (exact) mass is 411 g/mol. The molecule has 0 radical (unpaired) electrons. The maximum Gasteiger partial charge on any atom is 0.257 e. The molecule has 1 fully saturated rings. The molecule has 1 saturated heterocycles. The maximum absolute atomic E-state index is 12.5. The van der Waals surface area contributed by atoms with Crippen molar-refractivity contribution in [3.8, 4) is 11.3 Å². The van der Waals surface area contributed by atoms with Gasteiger partial charge in [0.15, 0.2) is 5.13 Å². The second-order valence-electron chi connectivity index (χ2n) is 6.55. The molecule has 142 valence electrons. The van der Waals surface area contributed by atoms with Gasteiger partial charge in [-0.15, -0.1) is 11.3 Å². The number of carbonyl (C=O) groups excluding carboxylic acids is 2. The lowest BCUT2D eigenvalue weighted by molar-refractivity contribution is 0.0792. The van der Waals surface area contributed by atoms with Gasteiger partial charge in [0.05, 0.1) is 5.69 Å². The second-order valence-corrected chi connectivity index (χ2v) is 7.81. The van der Waals surface area contributed by atoms with Crippen molar-refractivity contribution in [2.24, 2.45) is 0 Å². The number of likely N-dealkylation sites (tertiary alicyclic amines) is 1. The number of anilines is 1. The molecule has 0 spiro atoms. The Morgan fingerprint density at radius 2 is 1.68 bits per heavy atom. The molecule has 2 aromatic carbocycles. The van der Waals surface area contributed by atoms with Crippen molar-refractivity contribution in [3.05, 3.63) is 70.1 Å². The summed E-state index contributed by atoms with van der Waals surface area (Å²) in [7, 11) is 0. The number of aromatic nitrogens is 1. The molecule has 28 heavy (non-hydrogen) atoms. The highest BCUT2D eigenvalue weighted by molar-refractivity contribution is 7.14. The number of hydrogen-bond donors (Lipinski definition) is 1. The first-order chi connectivity index (χ1) is 13.6. The van der Waals surface area contributed by atoms with Crippen molar-refractivity contribution < 1.29 is 9.59 Å². The van der Waals surface area contributed by atoms with Crippen LogP contribution in [0.15, 0.2) is 53.9 Å². The standard InChI is InChI=1S/C21H18ClN3O2S/c22-17-6-2-1-5-16(17)18-13-28-21(23-18)24-19(26)14-7-9-15(10-8-14)20(27)25-11-3-4-12-25/h1-2,5-10,13H,3-4,11-12H2,(H,23,24,26). The van der Waals surface area contributed by atoms with Gasteiger partial charge in [-0.3, -0.25) is 14.9 Å². The van der Waals surface area contributed by atoms with E-state index >= 15 is 0 Å². The molecular formula is C21H18ClN3O2S. The molecule has 3 aromatic rings. The van der Waals surface area contributed by atoms with Gasteiger partial charge in [0, 0.05) is 40.2 Å². The molecule has 0 bridgehead atoms. The molecule has 4 rings (SSSR count). The molecule has 1 N–H and O–H groups in total. The Morgan fingerprint density at radius 3 is 2.39 bits per heavy atom. The number of nitrogens with zero attached hydrogens (tertiary/aromatic N) is 2. The van der Waals surface area contributed by atoms with E-state index in [0.29, 0.717) is 21.3 Å². The highest BCUT2D eigenvalue weighted by atomic mass is 35.5. The highest BCUT2D eigenvalue weighted by Crippen LogP contribution is 2.30. The number of halogens is 1. The largest absolute Gasteiger partial charge is 0.339 e. The van der Waals surface area contributed by atoms with E-state index in [1.165, 1.54) is 11.3 Å². The Bertz CT molecular complexity index is 1010. The summed E-state index contributed by atoms with van der Waals surface area (Å²) in [5, 5.41) is 5.77. The van der Waals surface area contributed by atoms with Crippen molar-refractivity contribution in [2.45, 2.75) is 12.8 Å². The van der Waals surface area contributed by atoms with Gasteiger partial charge in [-0.1, -0.05) is 29.8 Å². The molecule has 2 heterocycles. The zero-order valence-electron chi connectivity index (χ0n) is 15.0. The average Bonchev–Trinajstić information content (AvgIpc) is 3.40. The van der Waals surface area contributed by atoms with Crippen LogP contribution in [0.25, 0.3) is 11.3 Å². The Balaban J connectivity index is 1.44. The van der Waals surface area contributed by atoms with Crippen molar-refractivity contribution >= 4 is 39.9 Å².